The quantitative estimate of drug-likeness (QED) is 0.709. The minimum atomic E-state index is -1.14. The number of carbonyl (C=O) groups is 2. The van der Waals surface area contributed by atoms with Crippen LogP contribution >= 0.6 is 0 Å². The van der Waals surface area contributed by atoms with E-state index >= 15 is 0 Å². The van der Waals surface area contributed by atoms with Crippen molar-refractivity contribution in [2.75, 3.05) is 19.8 Å². The molecule has 4 fully saturated rings. The Morgan fingerprint density at radius 3 is 2.71 bits per heavy atom. The van der Waals surface area contributed by atoms with Crippen LogP contribution in [0.2, 0.25) is 0 Å². The highest BCUT2D eigenvalue weighted by atomic mass is 16.5. The van der Waals surface area contributed by atoms with Gasteiger partial charge in [-0.05, 0) is 74.3 Å². The first kappa shape index (κ1) is 21.7. The van der Waals surface area contributed by atoms with E-state index in [0.717, 1.165) is 31.3 Å². The van der Waals surface area contributed by atoms with Gasteiger partial charge in [0, 0.05) is 23.9 Å². The fraction of sp³-hybridized carbons (Fsp3) is 0.840. The van der Waals surface area contributed by atoms with Crippen LogP contribution in [-0.4, -0.2) is 59.4 Å². The summed E-state index contributed by atoms with van der Waals surface area (Å²) in [5.41, 5.74) is -1.21. The summed E-state index contributed by atoms with van der Waals surface area (Å²) in [6.45, 7) is 5.46. The number of aliphatic hydroxyl groups excluding tert-OH is 1. The lowest BCUT2D eigenvalue weighted by molar-refractivity contribution is -0.147. The maximum Gasteiger partial charge on any atom is 0.162 e. The van der Waals surface area contributed by atoms with Gasteiger partial charge in [-0.1, -0.05) is 13.8 Å². The van der Waals surface area contributed by atoms with Crippen molar-refractivity contribution in [3.8, 4) is 0 Å². The van der Waals surface area contributed by atoms with Crippen molar-refractivity contribution in [2.45, 2.75) is 83.0 Å². The van der Waals surface area contributed by atoms with E-state index in [1.807, 2.05) is 6.92 Å². The molecule has 0 aromatic heterocycles. The van der Waals surface area contributed by atoms with Gasteiger partial charge in [-0.3, -0.25) is 9.59 Å². The Balaban J connectivity index is 1.41. The first-order valence-electron chi connectivity index (χ1n) is 12.1. The van der Waals surface area contributed by atoms with E-state index in [0.29, 0.717) is 38.9 Å². The van der Waals surface area contributed by atoms with Crippen LogP contribution in [-0.2, 0) is 19.1 Å². The molecule has 6 nitrogen and oxygen atoms in total. The van der Waals surface area contributed by atoms with Crippen molar-refractivity contribution in [2.24, 2.45) is 28.6 Å². The SMILES string of the molecule is CC12CC(O)CCC1C(=O)C=C1C2CCC2(C)C(C(=O)COC3CCOC3)CC[C@@]12O. The number of hydrogen-bond donors (Lipinski definition) is 2. The molecule has 4 aliphatic carbocycles. The summed E-state index contributed by atoms with van der Waals surface area (Å²) in [5, 5.41) is 22.5. The minimum absolute atomic E-state index is 0.0129. The Hall–Kier alpha value is -1.08. The molecule has 1 heterocycles. The third-order valence-corrected chi connectivity index (χ3v) is 9.75. The lowest BCUT2D eigenvalue weighted by Crippen LogP contribution is -2.59. The molecule has 0 radical (unpaired) electrons. The lowest BCUT2D eigenvalue weighted by atomic mass is 9.46. The molecule has 3 saturated carbocycles. The summed E-state index contributed by atoms with van der Waals surface area (Å²) < 4.78 is 11.1. The number of allylic oxidation sites excluding steroid dienone is 1. The molecule has 0 aromatic rings. The van der Waals surface area contributed by atoms with Crippen LogP contribution in [0.3, 0.4) is 0 Å². The van der Waals surface area contributed by atoms with Crippen LogP contribution < -0.4 is 0 Å². The third kappa shape index (κ3) is 3.12. The van der Waals surface area contributed by atoms with Crippen LogP contribution in [0.5, 0.6) is 0 Å². The summed E-state index contributed by atoms with van der Waals surface area (Å²) in [6.07, 6.45) is 6.88. The van der Waals surface area contributed by atoms with Gasteiger partial charge in [0.25, 0.3) is 0 Å². The van der Waals surface area contributed by atoms with Crippen LogP contribution in [0.1, 0.15) is 65.2 Å². The van der Waals surface area contributed by atoms with Crippen LogP contribution in [0.15, 0.2) is 11.6 Å². The Morgan fingerprint density at radius 2 is 1.97 bits per heavy atom. The molecule has 0 aromatic carbocycles. The summed E-state index contributed by atoms with van der Waals surface area (Å²) >= 11 is 0. The minimum Gasteiger partial charge on any atom is -0.393 e. The van der Waals surface area contributed by atoms with E-state index in [2.05, 4.69) is 6.92 Å². The van der Waals surface area contributed by atoms with E-state index in [1.165, 1.54) is 0 Å². The Morgan fingerprint density at radius 1 is 1.16 bits per heavy atom. The molecule has 0 bridgehead atoms. The van der Waals surface area contributed by atoms with Crippen molar-refractivity contribution < 1.29 is 29.3 Å². The first-order valence-corrected chi connectivity index (χ1v) is 12.1. The van der Waals surface area contributed by atoms with Crippen molar-refractivity contribution in [1.82, 2.24) is 0 Å². The molecule has 0 spiro atoms. The van der Waals surface area contributed by atoms with Gasteiger partial charge in [0.05, 0.1) is 24.4 Å². The number of hydrogen-bond acceptors (Lipinski definition) is 6. The average Bonchev–Trinajstić information content (AvgIpc) is 3.32. The summed E-state index contributed by atoms with van der Waals surface area (Å²) in [7, 11) is 0. The van der Waals surface area contributed by atoms with Gasteiger partial charge in [-0.15, -0.1) is 0 Å². The summed E-state index contributed by atoms with van der Waals surface area (Å²) in [4.78, 5) is 26.3. The monoisotopic (exact) mass is 432 g/mol. The van der Waals surface area contributed by atoms with Gasteiger partial charge >= 0.3 is 0 Å². The third-order valence-electron chi connectivity index (χ3n) is 9.75. The maximum absolute atomic E-state index is 13.2. The second-order valence-electron chi connectivity index (χ2n) is 11.2. The fourth-order valence-corrected chi connectivity index (χ4v) is 7.90. The van der Waals surface area contributed by atoms with Crippen LogP contribution in [0.25, 0.3) is 0 Å². The normalized spacial score (nSPS) is 49.2. The molecule has 5 rings (SSSR count). The Bertz CT molecular complexity index is 800. The molecule has 1 saturated heterocycles. The van der Waals surface area contributed by atoms with Crippen LogP contribution in [0.4, 0.5) is 0 Å². The average molecular weight is 433 g/mol. The Labute approximate surface area is 184 Å². The fourth-order valence-electron chi connectivity index (χ4n) is 7.90. The molecule has 5 aliphatic rings. The molecule has 172 valence electrons. The van der Waals surface area contributed by atoms with Gasteiger partial charge in [0.15, 0.2) is 11.6 Å². The highest BCUT2D eigenvalue weighted by Crippen LogP contribution is 2.67. The van der Waals surface area contributed by atoms with Crippen molar-refractivity contribution in [3.63, 3.8) is 0 Å². The van der Waals surface area contributed by atoms with Crippen molar-refractivity contribution in [1.29, 1.82) is 0 Å². The van der Waals surface area contributed by atoms with E-state index in [1.54, 1.807) is 6.08 Å². The zero-order valence-electron chi connectivity index (χ0n) is 18.8. The molecule has 8 atom stereocenters. The van der Waals surface area contributed by atoms with Crippen molar-refractivity contribution >= 4 is 11.6 Å². The predicted molar refractivity (Wildman–Crippen MR) is 113 cm³/mol. The molecule has 31 heavy (non-hydrogen) atoms. The topological polar surface area (TPSA) is 93.1 Å². The molecular formula is C25H36O6. The number of ether oxygens (including phenoxy) is 2. The first-order chi connectivity index (χ1) is 14.7. The molecule has 1 aliphatic heterocycles. The van der Waals surface area contributed by atoms with E-state index in [-0.39, 0.29) is 53.6 Å². The van der Waals surface area contributed by atoms with Gasteiger partial charge in [-0.25, -0.2) is 0 Å². The van der Waals surface area contributed by atoms with Gasteiger partial charge in [0.1, 0.15) is 6.61 Å². The number of fused-ring (bicyclic) bond motifs is 5. The number of Topliss-reactive ketones (excluding diaryl/α,β-unsaturated/α-hetero) is 1. The molecule has 2 N–H and O–H groups in total. The second kappa shape index (κ2) is 7.47. The zero-order chi connectivity index (χ0) is 22.0. The molecular weight excluding hydrogens is 396 g/mol. The zero-order valence-corrected chi connectivity index (χ0v) is 18.8. The number of aliphatic hydroxyl groups is 2. The molecule has 7 unspecified atom stereocenters. The van der Waals surface area contributed by atoms with Crippen LogP contribution in [0, 0.1) is 28.6 Å². The Kier molecular flexibility index (Phi) is 5.24. The van der Waals surface area contributed by atoms with Crippen molar-refractivity contribution in [3.05, 3.63) is 11.6 Å². The summed E-state index contributed by atoms with van der Waals surface area (Å²) in [6, 6.07) is 0. The van der Waals surface area contributed by atoms with Gasteiger partial charge in [0.2, 0.25) is 0 Å². The van der Waals surface area contributed by atoms with E-state index in [9.17, 15) is 19.8 Å². The number of ketones is 2. The number of rotatable bonds is 4. The highest BCUT2D eigenvalue weighted by Gasteiger charge is 2.66. The van der Waals surface area contributed by atoms with Gasteiger partial charge < -0.3 is 19.7 Å². The number of carbonyl (C=O) groups excluding carboxylic acids is 2. The highest BCUT2D eigenvalue weighted by molar-refractivity contribution is 5.95. The van der Waals surface area contributed by atoms with E-state index in [4.69, 9.17) is 9.47 Å². The van der Waals surface area contributed by atoms with E-state index < -0.39 is 11.0 Å². The molecule has 6 heteroatoms. The lowest BCUT2D eigenvalue weighted by Gasteiger charge is -2.59. The van der Waals surface area contributed by atoms with Gasteiger partial charge in [-0.2, -0.15) is 0 Å². The standard InChI is InChI=1S/C25H36O6/c1-23-12-15(26)3-4-18(23)21(27)11-20-17(23)5-8-24(2)19(6-9-25(20,24)29)22(28)14-31-16-7-10-30-13-16/h11,15-19,26,29H,3-10,12-14H2,1-2H3/t15?,16?,17?,18?,19?,23?,24?,25-/m1/s1. The maximum atomic E-state index is 13.2. The molecule has 0 amide bonds. The largest absolute Gasteiger partial charge is 0.393 e. The predicted octanol–water partition coefficient (Wildman–Crippen LogP) is 2.59. The smallest absolute Gasteiger partial charge is 0.162 e. The summed E-state index contributed by atoms with van der Waals surface area (Å²) in [5.74, 6) is -0.0944. The second-order valence-corrected chi connectivity index (χ2v) is 11.2.